The molecule has 150 valence electrons. The van der Waals surface area contributed by atoms with E-state index in [2.05, 4.69) is 30.4 Å². The highest BCUT2D eigenvalue weighted by atomic mass is 35.5. The zero-order valence-electron chi connectivity index (χ0n) is 15.1. The molecule has 0 aliphatic heterocycles. The number of fused-ring (bicyclic) bond motifs is 1. The van der Waals surface area contributed by atoms with E-state index in [9.17, 15) is 13.2 Å². The Labute approximate surface area is 166 Å². The van der Waals surface area contributed by atoms with Crippen molar-refractivity contribution in [2.24, 2.45) is 0 Å². The predicted octanol–water partition coefficient (Wildman–Crippen LogP) is 4.35. The van der Waals surface area contributed by atoms with Crippen LogP contribution in [-0.4, -0.2) is 29.7 Å². The number of aromatic nitrogens is 6. The lowest BCUT2D eigenvalue weighted by Crippen LogP contribution is -2.15. The molecule has 0 bridgehead atoms. The number of oxazole rings is 1. The van der Waals surface area contributed by atoms with Crippen molar-refractivity contribution in [3.8, 4) is 5.95 Å². The minimum Gasteiger partial charge on any atom is -0.423 e. The van der Waals surface area contributed by atoms with E-state index in [1.165, 1.54) is 4.68 Å². The smallest absolute Gasteiger partial charge is 0.417 e. The molecule has 4 aromatic rings. The lowest BCUT2D eigenvalue weighted by Gasteiger charge is -2.11. The molecule has 3 heterocycles. The van der Waals surface area contributed by atoms with Crippen LogP contribution < -0.4 is 5.32 Å². The third kappa shape index (κ3) is 3.73. The normalized spacial score (nSPS) is 13.0. The van der Waals surface area contributed by atoms with E-state index in [1.807, 2.05) is 0 Å². The number of rotatable bonds is 4. The number of alkyl halides is 3. The molecule has 0 aliphatic rings. The summed E-state index contributed by atoms with van der Waals surface area (Å²) < 4.78 is 46.1. The van der Waals surface area contributed by atoms with Gasteiger partial charge in [0.15, 0.2) is 11.4 Å². The molecule has 3 aromatic heterocycles. The van der Waals surface area contributed by atoms with Crippen LogP contribution in [0.4, 0.5) is 19.2 Å². The largest absolute Gasteiger partial charge is 0.423 e. The van der Waals surface area contributed by atoms with Gasteiger partial charge < -0.3 is 9.73 Å². The second kappa shape index (κ2) is 6.99. The zero-order chi connectivity index (χ0) is 20.8. The van der Waals surface area contributed by atoms with Crippen LogP contribution in [0.1, 0.15) is 30.2 Å². The molecule has 0 saturated carbocycles. The monoisotopic (exact) mass is 423 g/mol. The zero-order valence-corrected chi connectivity index (χ0v) is 15.8. The molecule has 29 heavy (non-hydrogen) atoms. The third-order valence-corrected chi connectivity index (χ3v) is 4.30. The van der Waals surface area contributed by atoms with Crippen molar-refractivity contribution in [1.82, 2.24) is 29.7 Å². The number of benzene rings is 1. The van der Waals surface area contributed by atoms with E-state index in [0.717, 1.165) is 12.1 Å². The fourth-order valence-corrected chi connectivity index (χ4v) is 3.00. The lowest BCUT2D eigenvalue weighted by molar-refractivity contribution is -0.137. The summed E-state index contributed by atoms with van der Waals surface area (Å²) in [6.07, 6.45) is -1.44. The van der Waals surface area contributed by atoms with Gasteiger partial charge in [0.05, 0.1) is 16.6 Å². The van der Waals surface area contributed by atoms with Gasteiger partial charge >= 0.3 is 6.18 Å². The number of anilines is 1. The van der Waals surface area contributed by atoms with Crippen LogP contribution in [0.3, 0.4) is 0 Å². The number of aryl methyl sites for hydroxylation is 1. The van der Waals surface area contributed by atoms with Crippen LogP contribution in [-0.2, 0) is 6.18 Å². The standard InChI is InChI=1S/C17H13ClF3N7O/c1-8(14-25-9(2)27-28(14)15-22-4-3-5-23-15)24-16-26-12-6-10(17(19,20)21)11(18)7-13(12)29-16/h3-8H,1-2H3,(H,24,26)/t8-/m0/s1. The number of nitrogens with zero attached hydrogens (tertiary/aromatic N) is 6. The van der Waals surface area contributed by atoms with Gasteiger partial charge in [0, 0.05) is 18.5 Å². The van der Waals surface area contributed by atoms with Gasteiger partial charge in [0.2, 0.25) is 0 Å². The molecule has 0 saturated heterocycles. The van der Waals surface area contributed by atoms with Gasteiger partial charge in [-0.05, 0) is 26.0 Å². The Morgan fingerprint density at radius 3 is 2.59 bits per heavy atom. The summed E-state index contributed by atoms with van der Waals surface area (Å²) in [5, 5.41) is 6.79. The Balaban J connectivity index is 1.66. The number of hydrogen-bond acceptors (Lipinski definition) is 7. The van der Waals surface area contributed by atoms with Gasteiger partial charge in [-0.1, -0.05) is 11.6 Å². The first-order chi connectivity index (χ1) is 13.7. The molecule has 4 rings (SSSR count). The van der Waals surface area contributed by atoms with Crippen molar-refractivity contribution in [2.75, 3.05) is 5.32 Å². The summed E-state index contributed by atoms with van der Waals surface area (Å²) in [6.45, 7) is 3.49. The topological polar surface area (TPSA) is 94.6 Å². The Morgan fingerprint density at radius 1 is 1.17 bits per heavy atom. The van der Waals surface area contributed by atoms with Crippen LogP contribution in [0.15, 0.2) is 35.0 Å². The first-order valence-electron chi connectivity index (χ1n) is 8.37. The molecular weight excluding hydrogens is 411 g/mol. The van der Waals surface area contributed by atoms with Crippen LogP contribution in [0, 0.1) is 6.92 Å². The summed E-state index contributed by atoms with van der Waals surface area (Å²) in [5.74, 6) is 1.31. The highest BCUT2D eigenvalue weighted by Crippen LogP contribution is 2.37. The highest BCUT2D eigenvalue weighted by Gasteiger charge is 2.34. The summed E-state index contributed by atoms with van der Waals surface area (Å²) in [6, 6.07) is 3.16. The van der Waals surface area contributed by atoms with Crippen LogP contribution in [0.25, 0.3) is 17.0 Å². The molecule has 8 nitrogen and oxygen atoms in total. The first-order valence-corrected chi connectivity index (χ1v) is 8.75. The minimum absolute atomic E-state index is 0.0177. The van der Waals surface area contributed by atoms with Crippen molar-refractivity contribution >= 4 is 28.7 Å². The number of halogens is 4. The fraction of sp³-hybridized carbons (Fsp3) is 0.235. The maximum Gasteiger partial charge on any atom is 0.417 e. The lowest BCUT2D eigenvalue weighted by atomic mass is 10.2. The van der Waals surface area contributed by atoms with Gasteiger partial charge in [-0.25, -0.2) is 15.0 Å². The van der Waals surface area contributed by atoms with Crippen LogP contribution >= 0.6 is 11.6 Å². The minimum atomic E-state index is -4.59. The van der Waals surface area contributed by atoms with Crippen molar-refractivity contribution < 1.29 is 17.6 Å². The Kier molecular flexibility index (Phi) is 4.61. The molecule has 0 fully saturated rings. The average molecular weight is 424 g/mol. The Morgan fingerprint density at radius 2 is 1.90 bits per heavy atom. The maximum absolute atomic E-state index is 13.0. The van der Waals surface area contributed by atoms with Gasteiger partial charge in [-0.15, -0.1) is 5.10 Å². The van der Waals surface area contributed by atoms with E-state index in [4.69, 9.17) is 16.0 Å². The number of nitrogens with one attached hydrogen (secondary N) is 1. The number of hydrogen-bond donors (Lipinski definition) is 1. The van der Waals surface area contributed by atoms with Crippen molar-refractivity contribution in [3.05, 3.63) is 52.8 Å². The molecule has 0 aliphatic carbocycles. The summed E-state index contributed by atoms with van der Waals surface area (Å²) >= 11 is 5.73. The molecule has 0 amide bonds. The second-order valence-electron chi connectivity index (χ2n) is 6.16. The van der Waals surface area contributed by atoms with Gasteiger partial charge in [0.1, 0.15) is 11.3 Å². The first kappa shape index (κ1) is 19.1. The van der Waals surface area contributed by atoms with Gasteiger partial charge in [-0.3, -0.25) is 0 Å². The van der Waals surface area contributed by atoms with Crippen molar-refractivity contribution in [2.45, 2.75) is 26.1 Å². The fourth-order valence-electron chi connectivity index (χ4n) is 2.74. The van der Waals surface area contributed by atoms with Crippen LogP contribution in [0.2, 0.25) is 5.02 Å². The maximum atomic E-state index is 13.0. The molecule has 0 radical (unpaired) electrons. The Hall–Kier alpha value is -3.21. The molecule has 1 atom stereocenters. The van der Waals surface area contributed by atoms with Crippen LogP contribution in [0.5, 0.6) is 0 Å². The van der Waals surface area contributed by atoms with Gasteiger partial charge in [0.25, 0.3) is 12.0 Å². The summed E-state index contributed by atoms with van der Waals surface area (Å²) in [7, 11) is 0. The molecule has 0 unspecified atom stereocenters. The van der Waals surface area contributed by atoms with E-state index in [0.29, 0.717) is 17.6 Å². The molecule has 0 spiro atoms. The van der Waals surface area contributed by atoms with Crippen molar-refractivity contribution in [3.63, 3.8) is 0 Å². The Bertz CT molecular complexity index is 1170. The quantitative estimate of drug-likeness (QED) is 0.521. The molecule has 12 heteroatoms. The second-order valence-corrected chi connectivity index (χ2v) is 6.57. The predicted molar refractivity (Wildman–Crippen MR) is 97.7 cm³/mol. The average Bonchev–Trinajstić information content (AvgIpc) is 3.23. The molecule has 1 aromatic carbocycles. The van der Waals surface area contributed by atoms with E-state index >= 15 is 0 Å². The van der Waals surface area contributed by atoms with Crippen molar-refractivity contribution in [1.29, 1.82) is 0 Å². The van der Waals surface area contributed by atoms with Gasteiger partial charge in [-0.2, -0.15) is 22.8 Å². The third-order valence-electron chi connectivity index (χ3n) is 3.99. The van der Waals surface area contributed by atoms with E-state index < -0.39 is 22.8 Å². The summed E-state index contributed by atoms with van der Waals surface area (Å²) in [5.41, 5.74) is -0.821. The highest BCUT2D eigenvalue weighted by molar-refractivity contribution is 6.32. The molecular formula is C17H13ClF3N7O. The van der Waals surface area contributed by atoms with E-state index in [-0.39, 0.29) is 17.1 Å². The SMILES string of the molecule is Cc1nc([C@H](C)Nc2nc3cc(C(F)(F)F)c(Cl)cc3o2)n(-c2ncccn2)n1. The summed E-state index contributed by atoms with van der Waals surface area (Å²) in [4.78, 5) is 16.7. The van der Waals surface area contributed by atoms with E-state index in [1.54, 1.807) is 32.3 Å². The molecule has 1 N–H and O–H groups in total.